The zero-order chi connectivity index (χ0) is 9.97. The monoisotopic (exact) mass is 195 g/mol. The van der Waals surface area contributed by atoms with Gasteiger partial charge in [-0.2, -0.15) is 0 Å². The summed E-state index contributed by atoms with van der Waals surface area (Å²) < 4.78 is 7.14. The van der Waals surface area contributed by atoms with E-state index in [1.807, 2.05) is 0 Å². The molecule has 0 saturated heterocycles. The molecule has 0 spiro atoms. The first-order valence-corrected chi connectivity index (χ1v) is 5.17. The van der Waals surface area contributed by atoms with Crippen molar-refractivity contribution < 1.29 is 9.84 Å². The second-order valence-corrected chi connectivity index (χ2v) is 3.88. The van der Waals surface area contributed by atoms with E-state index in [0.29, 0.717) is 0 Å². The number of aryl methyl sites for hydroxylation is 1. The number of hydrogen-bond acceptors (Lipinski definition) is 2. The minimum Gasteiger partial charge on any atom is -0.388 e. The first-order valence-electron chi connectivity index (χ1n) is 5.17. The van der Waals surface area contributed by atoms with Crippen LogP contribution in [0.25, 0.3) is 0 Å². The van der Waals surface area contributed by atoms with Crippen LogP contribution < -0.4 is 0 Å². The fourth-order valence-electron chi connectivity index (χ4n) is 2.05. The van der Waals surface area contributed by atoms with E-state index in [-0.39, 0.29) is 6.10 Å². The summed E-state index contributed by atoms with van der Waals surface area (Å²) in [7, 11) is 1.71. The average molecular weight is 195 g/mol. The molecule has 1 unspecified atom stereocenters. The lowest BCUT2D eigenvalue weighted by molar-refractivity contribution is 0.156. The van der Waals surface area contributed by atoms with Crippen molar-refractivity contribution in [3.05, 3.63) is 23.5 Å². The molecule has 1 aromatic heterocycles. The van der Waals surface area contributed by atoms with Crippen LogP contribution >= 0.6 is 0 Å². The summed E-state index contributed by atoms with van der Waals surface area (Å²) in [5.74, 6) is 0. The van der Waals surface area contributed by atoms with E-state index in [9.17, 15) is 5.11 Å². The molecule has 1 aromatic rings. The molecule has 0 aromatic carbocycles. The smallest absolute Gasteiger partial charge is 0.0807 e. The third-order valence-electron chi connectivity index (χ3n) is 2.83. The van der Waals surface area contributed by atoms with Crippen molar-refractivity contribution in [1.82, 2.24) is 4.57 Å². The molecule has 14 heavy (non-hydrogen) atoms. The van der Waals surface area contributed by atoms with Gasteiger partial charge >= 0.3 is 0 Å². The van der Waals surface area contributed by atoms with Crippen LogP contribution in [0.1, 0.15) is 30.1 Å². The number of methoxy groups -OCH3 is 1. The van der Waals surface area contributed by atoms with E-state index >= 15 is 0 Å². The Kier molecular flexibility index (Phi) is 2.89. The van der Waals surface area contributed by atoms with Crippen LogP contribution in [0.5, 0.6) is 0 Å². The number of rotatable bonds is 3. The Labute approximate surface area is 84.3 Å². The summed E-state index contributed by atoms with van der Waals surface area (Å²) in [4.78, 5) is 0. The quantitative estimate of drug-likeness (QED) is 0.793. The van der Waals surface area contributed by atoms with Gasteiger partial charge in [0.25, 0.3) is 0 Å². The summed E-state index contributed by atoms with van der Waals surface area (Å²) in [5, 5.41) is 9.76. The Bertz CT molecular complexity index is 306. The Balaban J connectivity index is 2.13. The number of ether oxygens (including phenoxy) is 1. The molecule has 0 fully saturated rings. The lowest BCUT2D eigenvalue weighted by atomic mass is 9.93. The Morgan fingerprint density at radius 2 is 2.43 bits per heavy atom. The zero-order valence-electron chi connectivity index (χ0n) is 8.57. The molecule has 2 rings (SSSR count). The highest BCUT2D eigenvalue weighted by Gasteiger charge is 2.19. The van der Waals surface area contributed by atoms with Crippen molar-refractivity contribution in [2.45, 2.75) is 31.9 Å². The van der Waals surface area contributed by atoms with Crippen LogP contribution in [0.4, 0.5) is 0 Å². The van der Waals surface area contributed by atoms with Gasteiger partial charge in [-0.3, -0.25) is 0 Å². The molecule has 3 nitrogen and oxygen atoms in total. The number of aliphatic hydroxyl groups excluding tert-OH is 1. The highest BCUT2D eigenvalue weighted by atomic mass is 16.5. The molecule has 1 aliphatic carbocycles. The van der Waals surface area contributed by atoms with Gasteiger partial charge in [-0.25, -0.2) is 0 Å². The van der Waals surface area contributed by atoms with Crippen LogP contribution in [0.3, 0.4) is 0 Å². The normalized spacial score (nSPS) is 20.9. The highest BCUT2D eigenvalue weighted by Crippen LogP contribution is 2.29. The molecule has 3 heteroatoms. The topological polar surface area (TPSA) is 34.4 Å². The number of aliphatic hydroxyl groups is 1. The third kappa shape index (κ3) is 1.83. The lowest BCUT2D eigenvalue weighted by Gasteiger charge is -2.16. The van der Waals surface area contributed by atoms with Crippen LogP contribution in [0.2, 0.25) is 0 Å². The van der Waals surface area contributed by atoms with Crippen molar-refractivity contribution >= 4 is 0 Å². The van der Waals surface area contributed by atoms with Crippen molar-refractivity contribution in [3.63, 3.8) is 0 Å². The SMILES string of the molecule is COCCn1cc2c(c1)C(O)CCC2. The number of aromatic nitrogens is 1. The Morgan fingerprint density at radius 3 is 3.14 bits per heavy atom. The molecular formula is C11H17NO2. The van der Waals surface area contributed by atoms with Gasteiger partial charge in [0.15, 0.2) is 0 Å². The van der Waals surface area contributed by atoms with Crippen LogP contribution in [-0.4, -0.2) is 23.4 Å². The predicted octanol–water partition coefficient (Wildman–Crippen LogP) is 1.50. The van der Waals surface area contributed by atoms with Gasteiger partial charge in [0.2, 0.25) is 0 Å². The van der Waals surface area contributed by atoms with E-state index in [1.54, 1.807) is 7.11 Å². The Hall–Kier alpha value is -0.800. The van der Waals surface area contributed by atoms with Gasteiger partial charge < -0.3 is 14.4 Å². The van der Waals surface area contributed by atoms with Crippen LogP contribution in [0, 0.1) is 0 Å². The van der Waals surface area contributed by atoms with E-state index in [4.69, 9.17) is 4.74 Å². The van der Waals surface area contributed by atoms with Gasteiger partial charge in [-0.1, -0.05) is 0 Å². The van der Waals surface area contributed by atoms with E-state index in [1.165, 1.54) is 5.56 Å². The minimum atomic E-state index is -0.248. The van der Waals surface area contributed by atoms with Gasteiger partial charge in [0, 0.05) is 31.6 Å². The van der Waals surface area contributed by atoms with Gasteiger partial charge in [-0.15, -0.1) is 0 Å². The maximum Gasteiger partial charge on any atom is 0.0807 e. The van der Waals surface area contributed by atoms with Crippen LogP contribution in [0.15, 0.2) is 12.4 Å². The fourth-order valence-corrected chi connectivity index (χ4v) is 2.05. The summed E-state index contributed by atoms with van der Waals surface area (Å²) in [5.41, 5.74) is 2.42. The molecule has 0 bridgehead atoms. The first-order chi connectivity index (χ1) is 6.81. The molecule has 0 saturated carbocycles. The zero-order valence-corrected chi connectivity index (χ0v) is 8.57. The first kappa shape index (κ1) is 9.74. The van der Waals surface area contributed by atoms with Crippen molar-refractivity contribution in [3.8, 4) is 0 Å². The number of hydrogen-bond donors (Lipinski definition) is 1. The molecule has 78 valence electrons. The summed E-state index contributed by atoms with van der Waals surface area (Å²) in [6.07, 6.45) is 7.05. The molecular weight excluding hydrogens is 178 g/mol. The lowest BCUT2D eigenvalue weighted by Crippen LogP contribution is -2.05. The molecule has 1 N–H and O–H groups in total. The predicted molar refractivity (Wildman–Crippen MR) is 54.2 cm³/mol. The number of fused-ring (bicyclic) bond motifs is 1. The molecule has 1 atom stereocenters. The van der Waals surface area contributed by atoms with Crippen molar-refractivity contribution in [1.29, 1.82) is 0 Å². The summed E-state index contributed by atoms with van der Waals surface area (Å²) >= 11 is 0. The van der Waals surface area contributed by atoms with Gasteiger partial charge in [0.05, 0.1) is 12.7 Å². The largest absolute Gasteiger partial charge is 0.388 e. The minimum absolute atomic E-state index is 0.248. The molecule has 0 radical (unpaired) electrons. The van der Waals surface area contributed by atoms with Crippen molar-refractivity contribution in [2.24, 2.45) is 0 Å². The summed E-state index contributed by atoms with van der Waals surface area (Å²) in [6, 6.07) is 0. The maximum absolute atomic E-state index is 9.76. The second kappa shape index (κ2) is 4.15. The average Bonchev–Trinajstić information content (AvgIpc) is 2.59. The molecule has 0 amide bonds. The fraction of sp³-hybridized carbons (Fsp3) is 0.636. The molecule has 1 heterocycles. The second-order valence-electron chi connectivity index (χ2n) is 3.88. The highest BCUT2D eigenvalue weighted by molar-refractivity contribution is 5.28. The van der Waals surface area contributed by atoms with E-state index < -0.39 is 0 Å². The number of nitrogens with zero attached hydrogens (tertiary/aromatic N) is 1. The van der Waals surface area contributed by atoms with Gasteiger partial charge in [-0.05, 0) is 24.8 Å². The molecule has 0 aliphatic heterocycles. The Morgan fingerprint density at radius 1 is 1.57 bits per heavy atom. The maximum atomic E-state index is 9.76. The third-order valence-corrected chi connectivity index (χ3v) is 2.83. The molecule has 1 aliphatic rings. The standard InChI is InChI=1S/C11H17NO2/c1-14-6-5-12-7-9-3-2-4-11(13)10(9)8-12/h7-8,11,13H,2-6H2,1H3. The van der Waals surface area contributed by atoms with Gasteiger partial charge in [0.1, 0.15) is 0 Å². The van der Waals surface area contributed by atoms with Crippen LogP contribution in [-0.2, 0) is 17.7 Å². The van der Waals surface area contributed by atoms with E-state index in [2.05, 4.69) is 17.0 Å². The van der Waals surface area contributed by atoms with E-state index in [0.717, 1.165) is 38.0 Å². The van der Waals surface area contributed by atoms with Crippen molar-refractivity contribution in [2.75, 3.05) is 13.7 Å². The summed E-state index contributed by atoms with van der Waals surface area (Å²) in [6.45, 7) is 1.60.